The smallest absolute Gasteiger partial charge is 0.249 e. The zero-order chi connectivity index (χ0) is 10.1. The standard InChI is InChI=1S/C11H10N2O2/c1-2-4-9-8(3-1)5-6-14-10(9)11-13-12-7-15-11/h1-4,7,10H,5-6H2. The van der Waals surface area contributed by atoms with Crippen LogP contribution in [0.2, 0.25) is 0 Å². The normalized spacial score (nSPS) is 19.9. The van der Waals surface area contributed by atoms with E-state index in [4.69, 9.17) is 9.15 Å². The van der Waals surface area contributed by atoms with Crippen molar-refractivity contribution >= 4 is 0 Å². The van der Waals surface area contributed by atoms with E-state index in [9.17, 15) is 0 Å². The molecule has 3 rings (SSSR count). The monoisotopic (exact) mass is 202 g/mol. The highest BCUT2D eigenvalue weighted by Crippen LogP contribution is 2.31. The Morgan fingerprint density at radius 2 is 2.20 bits per heavy atom. The Labute approximate surface area is 86.9 Å². The fraction of sp³-hybridized carbons (Fsp3) is 0.273. The minimum Gasteiger partial charge on any atom is -0.425 e. The van der Waals surface area contributed by atoms with Crippen LogP contribution in [-0.2, 0) is 11.2 Å². The Bertz CT molecular complexity index is 453. The molecule has 76 valence electrons. The molecule has 1 aromatic heterocycles. The molecule has 4 heteroatoms. The molecule has 1 aliphatic rings. The molecule has 0 bridgehead atoms. The highest BCUT2D eigenvalue weighted by Gasteiger charge is 2.25. The first-order chi connectivity index (χ1) is 7.45. The Morgan fingerprint density at radius 3 is 3.07 bits per heavy atom. The van der Waals surface area contributed by atoms with E-state index in [0.29, 0.717) is 12.5 Å². The molecule has 0 spiro atoms. The van der Waals surface area contributed by atoms with Crippen LogP contribution in [0.25, 0.3) is 0 Å². The van der Waals surface area contributed by atoms with Crippen molar-refractivity contribution in [1.29, 1.82) is 0 Å². The summed E-state index contributed by atoms with van der Waals surface area (Å²) in [4.78, 5) is 0. The Balaban J connectivity index is 2.06. The summed E-state index contributed by atoms with van der Waals surface area (Å²) in [6.07, 6.45) is 2.08. The molecule has 0 saturated carbocycles. The van der Waals surface area contributed by atoms with Crippen LogP contribution in [0.5, 0.6) is 0 Å². The molecule has 1 unspecified atom stereocenters. The summed E-state index contributed by atoms with van der Waals surface area (Å²) < 4.78 is 10.8. The fourth-order valence-corrected chi connectivity index (χ4v) is 1.89. The maximum absolute atomic E-state index is 5.65. The van der Waals surface area contributed by atoms with Crippen molar-refractivity contribution < 1.29 is 9.15 Å². The fourth-order valence-electron chi connectivity index (χ4n) is 1.89. The van der Waals surface area contributed by atoms with Gasteiger partial charge in [-0.3, -0.25) is 0 Å². The van der Waals surface area contributed by atoms with Gasteiger partial charge in [0, 0.05) is 0 Å². The molecule has 0 fully saturated rings. The summed E-state index contributed by atoms with van der Waals surface area (Å²) in [6.45, 7) is 0.698. The van der Waals surface area contributed by atoms with Crippen molar-refractivity contribution in [3.8, 4) is 0 Å². The number of fused-ring (bicyclic) bond motifs is 1. The molecule has 0 aliphatic carbocycles. The van der Waals surface area contributed by atoms with Gasteiger partial charge in [-0.2, -0.15) is 0 Å². The van der Waals surface area contributed by atoms with Crippen molar-refractivity contribution in [2.45, 2.75) is 12.5 Å². The van der Waals surface area contributed by atoms with Crippen LogP contribution in [0.3, 0.4) is 0 Å². The number of hydrogen-bond acceptors (Lipinski definition) is 4. The van der Waals surface area contributed by atoms with Gasteiger partial charge < -0.3 is 9.15 Å². The molecular weight excluding hydrogens is 192 g/mol. The summed E-state index contributed by atoms with van der Waals surface area (Å²) >= 11 is 0. The van der Waals surface area contributed by atoms with Gasteiger partial charge >= 0.3 is 0 Å². The number of aromatic nitrogens is 2. The third kappa shape index (κ3) is 1.43. The maximum Gasteiger partial charge on any atom is 0.249 e. The highest BCUT2D eigenvalue weighted by atomic mass is 16.5. The second-order valence-corrected chi connectivity index (χ2v) is 3.48. The average molecular weight is 202 g/mol. The lowest BCUT2D eigenvalue weighted by Crippen LogP contribution is -2.17. The van der Waals surface area contributed by atoms with E-state index in [1.54, 1.807) is 0 Å². The predicted octanol–water partition coefficient (Wildman–Crippen LogP) is 1.73. The number of benzene rings is 1. The quantitative estimate of drug-likeness (QED) is 0.706. The number of rotatable bonds is 1. The van der Waals surface area contributed by atoms with Gasteiger partial charge in [-0.25, -0.2) is 0 Å². The predicted molar refractivity (Wildman–Crippen MR) is 52.2 cm³/mol. The maximum atomic E-state index is 5.65. The van der Waals surface area contributed by atoms with Crippen molar-refractivity contribution in [3.05, 3.63) is 47.7 Å². The molecule has 1 aromatic carbocycles. The van der Waals surface area contributed by atoms with E-state index in [1.807, 2.05) is 18.2 Å². The average Bonchev–Trinajstić information content (AvgIpc) is 2.82. The molecule has 2 aromatic rings. The van der Waals surface area contributed by atoms with E-state index in [1.165, 1.54) is 12.0 Å². The summed E-state index contributed by atoms with van der Waals surface area (Å²) in [5.41, 5.74) is 2.43. The molecule has 0 N–H and O–H groups in total. The van der Waals surface area contributed by atoms with Gasteiger partial charge in [-0.15, -0.1) is 10.2 Å². The second-order valence-electron chi connectivity index (χ2n) is 3.48. The van der Waals surface area contributed by atoms with Crippen LogP contribution in [0, 0.1) is 0 Å². The van der Waals surface area contributed by atoms with Gasteiger partial charge in [0.15, 0.2) is 6.10 Å². The van der Waals surface area contributed by atoms with Crippen LogP contribution in [-0.4, -0.2) is 16.8 Å². The van der Waals surface area contributed by atoms with E-state index in [2.05, 4.69) is 16.3 Å². The minimum absolute atomic E-state index is 0.197. The molecule has 1 atom stereocenters. The summed E-state index contributed by atoms with van der Waals surface area (Å²) in [7, 11) is 0. The SMILES string of the molecule is c1ccc2c(c1)CCOC2c1nnco1. The lowest BCUT2D eigenvalue weighted by atomic mass is 9.98. The number of ether oxygens (including phenoxy) is 1. The van der Waals surface area contributed by atoms with Crippen molar-refractivity contribution in [1.82, 2.24) is 10.2 Å². The van der Waals surface area contributed by atoms with Crippen molar-refractivity contribution in [3.63, 3.8) is 0 Å². The molecular formula is C11H10N2O2. The van der Waals surface area contributed by atoms with Crippen molar-refractivity contribution in [2.24, 2.45) is 0 Å². The van der Waals surface area contributed by atoms with E-state index < -0.39 is 0 Å². The molecule has 1 aliphatic heterocycles. The van der Waals surface area contributed by atoms with Gasteiger partial charge in [0.25, 0.3) is 0 Å². The molecule has 4 nitrogen and oxygen atoms in total. The zero-order valence-corrected chi connectivity index (χ0v) is 8.09. The van der Waals surface area contributed by atoms with Gasteiger partial charge in [-0.05, 0) is 17.5 Å². The summed E-state index contributed by atoms with van der Waals surface area (Å²) in [5, 5.41) is 7.57. The topological polar surface area (TPSA) is 48.2 Å². The first-order valence-corrected chi connectivity index (χ1v) is 4.90. The van der Waals surface area contributed by atoms with Gasteiger partial charge in [-0.1, -0.05) is 24.3 Å². The summed E-state index contributed by atoms with van der Waals surface area (Å²) in [5.74, 6) is 0.530. The van der Waals surface area contributed by atoms with Crippen LogP contribution in [0.15, 0.2) is 35.1 Å². The van der Waals surface area contributed by atoms with Gasteiger partial charge in [0.1, 0.15) is 0 Å². The number of nitrogens with zero attached hydrogens (tertiary/aromatic N) is 2. The Hall–Kier alpha value is -1.68. The van der Waals surface area contributed by atoms with E-state index in [-0.39, 0.29) is 6.10 Å². The van der Waals surface area contributed by atoms with Crippen LogP contribution >= 0.6 is 0 Å². The Morgan fingerprint density at radius 1 is 1.27 bits per heavy atom. The van der Waals surface area contributed by atoms with E-state index in [0.717, 1.165) is 12.0 Å². The third-order valence-electron chi connectivity index (χ3n) is 2.59. The largest absolute Gasteiger partial charge is 0.425 e. The molecule has 15 heavy (non-hydrogen) atoms. The zero-order valence-electron chi connectivity index (χ0n) is 8.09. The van der Waals surface area contributed by atoms with Gasteiger partial charge in [0.2, 0.25) is 12.3 Å². The van der Waals surface area contributed by atoms with Gasteiger partial charge in [0.05, 0.1) is 6.61 Å². The second kappa shape index (κ2) is 3.47. The van der Waals surface area contributed by atoms with Crippen LogP contribution in [0.4, 0.5) is 0 Å². The lowest BCUT2D eigenvalue weighted by Gasteiger charge is -2.23. The Kier molecular flexibility index (Phi) is 1.99. The third-order valence-corrected chi connectivity index (χ3v) is 2.59. The van der Waals surface area contributed by atoms with Crippen LogP contribution < -0.4 is 0 Å². The first kappa shape index (κ1) is 8.61. The minimum atomic E-state index is -0.197. The molecule has 0 radical (unpaired) electrons. The molecule has 0 amide bonds. The first-order valence-electron chi connectivity index (χ1n) is 4.90. The summed E-state index contributed by atoms with van der Waals surface area (Å²) in [6, 6.07) is 8.19. The van der Waals surface area contributed by atoms with Crippen LogP contribution in [0.1, 0.15) is 23.1 Å². The number of hydrogen-bond donors (Lipinski definition) is 0. The molecule has 2 heterocycles. The van der Waals surface area contributed by atoms with E-state index >= 15 is 0 Å². The molecule has 0 saturated heterocycles. The lowest BCUT2D eigenvalue weighted by molar-refractivity contribution is 0.0515. The highest BCUT2D eigenvalue weighted by molar-refractivity contribution is 5.33. The van der Waals surface area contributed by atoms with Crippen molar-refractivity contribution in [2.75, 3.05) is 6.61 Å².